The molecule has 1 N–H and O–H groups in total. The summed E-state index contributed by atoms with van der Waals surface area (Å²) in [4.78, 5) is 21.3. The Labute approximate surface area is 109 Å². The summed E-state index contributed by atoms with van der Waals surface area (Å²) in [6.45, 7) is 0. The molecule has 8 heteroatoms. The van der Waals surface area contributed by atoms with Gasteiger partial charge in [0.15, 0.2) is 5.82 Å². The van der Waals surface area contributed by atoms with E-state index in [1.54, 1.807) is 12.1 Å². The smallest absolute Gasteiger partial charge is 0.327 e. The van der Waals surface area contributed by atoms with E-state index >= 15 is 0 Å². The molecule has 0 fully saturated rings. The second-order valence-corrected chi connectivity index (χ2v) is 4.05. The first-order chi connectivity index (χ1) is 9.48. The summed E-state index contributed by atoms with van der Waals surface area (Å²) in [7, 11) is 0. The molecule has 0 radical (unpaired) electrons. The summed E-state index contributed by atoms with van der Waals surface area (Å²) in [6.07, 6.45) is -0.106. The van der Waals surface area contributed by atoms with Gasteiger partial charge in [0, 0.05) is 24.0 Å². The summed E-state index contributed by atoms with van der Waals surface area (Å²) in [5.41, 5.74) is -1.38. The Hall–Kier alpha value is -2.64. The molecule has 20 heavy (non-hydrogen) atoms. The minimum absolute atomic E-state index is 0.108. The third-order valence-corrected chi connectivity index (χ3v) is 2.83. The number of aromatic nitrogens is 4. The van der Waals surface area contributed by atoms with Gasteiger partial charge in [-0.2, -0.15) is 13.2 Å². The zero-order chi connectivity index (χ0) is 14.3. The lowest BCUT2D eigenvalue weighted by atomic mass is 10.3. The highest BCUT2D eigenvalue weighted by Crippen LogP contribution is 2.32. The number of nitrogens with zero attached hydrogens (tertiary/aromatic N) is 3. The second-order valence-electron chi connectivity index (χ2n) is 4.05. The minimum Gasteiger partial charge on any atom is -0.327 e. The fourth-order valence-corrected chi connectivity index (χ4v) is 1.99. The average molecular weight is 280 g/mol. The van der Waals surface area contributed by atoms with E-state index in [4.69, 9.17) is 0 Å². The molecule has 3 rings (SSSR count). The van der Waals surface area contributed by atoms with Gasteiger partial charge in [-0.25, -0.2) is 9.97 Å². The minimum atomic E-state index is -4.60. The van der Waals surface area contributed by atoms with Crippen LogP contribution in [0.5, 0.6) is 0 Å². The number of rotatable bonds is 1. The van der Waals surface area contributed by atoms with Crippen molar-refractivity contribution in [3.8, 4) is 5.82 Å². The van der Waals surface area contributed by atoms with Gasteiger partial charge >= 0.3 is 6.18 Å². The van der Waals surface area contributed by atoms with Crippen LogP contribution in [-0.2, 0) is 6.18 Å². The summed E-state index contributed by atoms with van der Waals surface area (Å²) in [5.74, 6) is -0.376. The molecule has 0 atom stereocenters. The molecule has 0 spiro atoms. The van der Waals surface area contributed by atoms with Crippen LogP contribution in [0.15, 0.2) is 41.8 Å². The molecule has 102 valence electrons. The van der Waals surface area contributed by atoms with Crippen LogP contribution in [0.2, 0.25) is 0 Å². The molecule has 0 amide bonds. The molecule has 0 saturated carbocycles. The summed E-state index contributed by atoms with van der Waals surface area (Å²) in [6, 6.07) is 3.15. The topological polar surface area (TPSA) is 63.6 Å². The standard InChI is InChI=1S/C12H7F3N4O/c13-12(14,15)8-5-16-6-18-10(8)19-4-2-7-1-3-17-11(20)9(7)19/h1-6H,(H,17,20). The molecule has 0 saturated heterocycles. The lowest BCUT2D eigenvalue weighted by Gasteiger charge is -2.12. The quantitative estimate of drug-likeness (QED) is 0.742. The van der Waals surface area contributed by atoms with E-state index in [0.29, 0.717) is 11.6 Å². The Kier molecular flexibility index (Phi) is 2.60. The zero-order valence-electron chi connectivity index (χ0n) is 9.85. The number of alkyl halides is 3. The molecule has 3 heterocycles. The van der Waals surface area contributed by atoms with Crippen molar-refractivity contribution in [1.82, 2.24) is 19.5 Å². The molecule has 0 bridgehead atoms. The van der Waals surface area contributed by atoms with Gasteiger partial charge in [-0.05, 0) is 12.1 Å². The highest BCUT2D eigenvalue weighted by atomic mass is 19.4. The van der Waals surface area contributed by atoms with Gasteiger partial charge in [-0.1, -0.05) is 0 Å². The van der Waals surface area contributed by atoms with Gasteiger partial charge in [0.1, 0.15) is 17.4 Å². The Bertz CT molecular complexity index is 834. The maximum Gasteiger partial charge on any atom is 0.421 e. The summed E-state index contributed by atoms with van der Waals surface area (Å²) >= 11 is 0. The van der Waals surface area contributed by atoms with Gasteiger partial charge in [0.05, 0.1) is 0 Å². The first-order valence-electron chi connectivity index (χ1n) is 5.55. The van der Waals surface area contributed by atoms with E-state index in [0.717, 1.165) is 10.9 Å². The van der Waals surface area contributed by atoms with Crippen LogP contribution < -0.4 is 5.56 Å². The SMILES string of the molecule is O=c1[nH]ccc2ccn(-c3ncncc3C(F)(F)F)c12. The van der Waals surface area contributed by atoms with Crippen LogP contribution in [0, 0.1) is 0 Å². The van der Waals surface area contributed by atoms with Crippen LogP contribution >= 0.6 is 0 Å². The molecular formula is C12H7F3N4O. The van der Waals surface area contributed by atoms with Crippen LogP contribution in [0.1, 0.15) is 5.56 Å². The Balaban J connectivity index is 2.36. The molecule has 0 aliphatic heterocycles. The fraction of sp³-hybridized carbons (Fsp3) is 0.0833. The highest BCUT2D eigenvalue weighted by Gasteiger charge is 2.35. The van der Waals surface area contributed by atoms with Crippen LogP contribution in [0.4, 0.5) is 13.2 Å². The summed E-state index contributed by atoms with van der Waals surface area (Å²) < 4.78 is 40.0. The van der Waals surface area contributed by atoms with Crippen molar-refractivity contribution in [3.63, 3.8) is 0 Å². The van der Waals surface area contributed by atoms with Crippen molar-refractivity contribution in [3.05, 3.63) is 53.0 Å². The molecule has 0 aliphatic rings. The van der Waals surface area contributed by atoms with Gasteiger partial charge in [-0.15, -0.1) is 0 Å². The fourth-order valence-electron chi connectivity index (χ4n) is 1.99. The Morgan fingerprint density at radius 3 is 2.80 bits per heavy atom. The van der Waals surface area contributed by atoms with Crippen LogP contribution in [0.25, 0.3) is 16.7 Å². The van der Waals surface area contributed by atoms with Crippen molar-refractivity contribution in [2.75, 3.05) is 0 Å². The average Bonchev–Trinajstić information content (AvgIpc) is 2.83. The number of aromatic amines is 1. The largest absolute Gasteiger partial charge is 0.421 e. The van der Waals surface area contributed by atoms with Gasteiger partial charge in [0.25, 0.3) is 5.56 Å². The van der Waals surface area contributed by atoms with E-state index in [2.05, 4.69) is 15.0 Å². The Morgan fingerprint density at radius 1 is 1.25 bits per heavy atom. The maximum absolute atomic E-state index is 13.0. The van der Waals surface area contributed by atoms with Crippen molar-refractivity contribution in [1.29, 1.82) is 0 Å². The predicted octanol–water partition coefficient (Wildman–Crippen LogP) is 2.13. The number of hydrogen-bond donors (Lipinski definition) is 1. The number of nitrogens with one attached hydrogen (secondary N) is 1. The highest BCUT2D eigenvalue weighted by molar-refractivity contribution is 5.80. The maximum atomic E-state index is 13.0. The van der Waals surface area contributed by atoms with Crippen molar-refractivity contribution in [2.24, 2.45) is 0 Å². The van der Waals surface area contributed by atoms with Crippen LogP contribution in [0.3, 0.4) is 0 Å². The van der Waals surface area contributed by atoms with Gasteiger partial charge in [-0.3, -0.25) is 9.36 Å². The van der Waals surface area contributed by atoms with Gasteiger partial charge in [0.2, 0.25) is 0 Å². The first-order valence-corrected chi connectivity index (χ1v) is 5.55. The van der Waals surface area contributed by atoms with Crippen molar-refractivity contribution >= 4 is 10.9 Å². The van der Waals surface area contributed by atoms with E-state index in [1.165, 1.54) is 12.4 Å². The lowest BCUT2D eigenvalue weighted by Crippen LogP contribution is -2.15. The van der Waals surface area contributed by atoms with Crippen molar-refractivity contribution < 1.29 is 13.2 Å². The monoisotopic (exact) mass is 280 g/mol. The third-order valence-electron chi connectivity index (χ3n) is 2.83. The second kappa shape index (κ2) is 4.19. The number of pyridine rings is 1. The lowest BCUT2D eigenvalue weighted by molar-refractivity contribution is -0.137. The molecule has 3 aromatic heterocycles. The van der Waals surface area contributed by atoms with E-state index in [-0.39, 0.29) is 11.3 Å². The number of halogens is 3. The summed E-state index contributed by atoms with van der Waals surface area (Å²) in [5, 5.41) is 0.528. The van der Waals surface area contributed by atoms with E-state index in [1.807, 2.05) is 0 Å². The van der Waals surface area contributed by atoms with Gasteiger partial charge < -0.3 is 4.98 Å². The zero-order valence-corrected chi connectivity index (χ0v) is 9.85. The van der Waals surface area contributed by atoms with Crippen molar-refractivity contribution in [2.45, 2.75) is 6.18 Å². The molecule has 0 aromatic carbocycles. The van der Waals surface area contributed by atoms with E-state index < -0.39 is 17.3 Å². The van der Waals surface area contributed by atoms with Crippen LogP contribution in [-0.4, -0.2) is 19.5 Å². The predicted molar refractivity (Wildman–Crippen MR) is 64.5 cm³/mol. The number of fused-ring (bicyclic) bond motifs is 1. The third kappa shape index (κ3) is 1.85. The molecular weight excluding hydrogens is 273 g/mol. The van der Waals surface area contributed by atoms with E-state index in [9.17, 15) is 18.0 Å². The molecule has 0 aliphatic carbocycles. The normalized spacial score (nSPS) is 11.9. The first kappa shape index (κ1) is 12.4. The Morgan fingerprint density at radius 2 is 2.05 bits per heavy atom. The molecule has 0 unspecified atom stereocenters. The molecule has 3 aromatic rings. The number of hydrogen-bond acceptors (Lipinski definition) is 3. The molecule has 5 nitrogen and oxygen atoms in total. The number of H-pyrrole nitrogens is 1.